The standard InChI is InChI=1S/C21H25BrN2O3/c1-26-19-12-16(22)11-18(20(19)27-2)21(25)23-13-17-9-6-10-24(17)14-15-7-4-3-5-8-15/h3-5,7-8,11-12,17H,6,9-10,13-14H2,1-2H3,(H,23,25)/t17-/m1/s1. The van der Waals surface area contributed by atoms with E-state index in [4.69, 9.17) is 9.47 Å². The number of halogens is 1. The maximum absolute atomic E-state index is 12.8. The maximum Gasteiger partial charge on any atom is 0.255 e. The average Bonchev–Trinajstić information content (AvgIpc) is 3.13. The number of hydrogen-bond donors (Lipinski definition) is 1. The topological polar surface area (TPSA) is 50.8 Å². The van der Waals surface area contributed by atoms with Crippen molar-refractivity contribution in [1.29, 1.82) is 0 Å². The molecule has 0 aromatic heterocycles. The number of nitrogens with zero attached hydrogens (tertiary/aromatic N) is 1. The molecule has 0 saturated carbocycles. The second kappa shape index (κ2) is 9.24. The van der Waals surface area contributed by atoms with Gasteiger partial charge in [-0.1, -0.05) is 46.3 Å². The molecule has 1 fully saturated rings. The molecule has 1 aliphatic rings. The minimum absolute atomic E-state index is 0.155. The van der Waals surface area contributed by atoms with Gasteiger partial charge < -0.3 is 14.8 Å². The Labute approximate surface area is 168 Å². The van der Waals surface area contributed by atoms with Crippen molar-refractivity contribution in [3.63, 3.8) is 0 Å². The van der Waals surface area contributed by atoms with Crippen molar-refractivity contribution >= 4 is 21.8 Å². The largest absolute Gasteiger partial charge is 0.493 e. The lowest BCUT2D eigenvalue weighted by atomic mass is 10.1. The number of carbonyl (C=O) groups is 1. The number of benzene rings is 2. The Balaban J connectivity index is 1.66. The van der Waals surface area contributed by atoms with Crippen LogP contribution in [0.3, 0.4) is 0 Å². The van der Waals surface area contributed by atoms with Crippen molar-refractivity contribution in [2.45, 2.75) is 25.4 Å². The first-order valence-electron chi connectivity index (χ1n) is 9.10. The lowest BCUT2D eigenvalue weighted by Crippen LogP contribution is -2.39. The first-order chi connectivity index (χ1) is 13.1. The SMILES string of the molecule is COc1cc(Br)cc(C(=O)NC[C@H]2CCCN2Cc2ccccc2)c1OC. The quantitative estimate of drug-likeness (QED) is 0.721. The molecule has 2 aromatic carbocycles. The molecule has 5 nitrogen and oxygen atoms in total. The van der Waals surface area contributed by atoms with Crippen LogP contribution in [-0.2, 0) is 6.54 Å². The monoisotopic (exact) mass is 432 g/mol. The summed E-state index contributed by atoms with van der Waals surface area (Å²) < 4.78 is 11.5. The zero-order chi connectivity index (χ0) is 19.2. The van der Waals surface area contributed by atoms with Crippen molar-refractivity contribution in [2.75, 3.05) is 27.3 Å². The summed E-state index contributed by atoms with van der Waals surface area (Å²) >= 11 is 3.43. The number of carbonyl (C=O) groups excluding carboxylic acids is 1. The minimum Gasteiger partial charge on any atom is -0.493 e. The van der Waals surface area contributed by atoms with E-state index < -0.39 is 0 Å². The van der Waals surface area contributed by atoms with Gasteiger partial charge in [-0.25, -0.2) is 0 Å². The van der Waals surface area contributed by atoms with E-state index in [9.17, 15) is 4.79 Å². The predicted molar refractivity (Wildman–Crippen MR) is 109 cm³/mol. The molecular weight excluding hydrogens is 408 g/mol. The molecule has 0 radical (unpaired) electrons. The van der Waals surface area contributed by atoms with E-state index in [0.717, 1.165) is 30.4 Å². The van der Waals surface area contributed by atoms with Crippen LogP contribution in [0.1, 0.15) is 28.8 Å². The fraction of sp³-hybridized carbons (Fsp3) is 0.381. The van der Waals surface area contributed by atoms with Gasteiger partial charge in [0.05, 0.1) is 19.8 Å². The van der Waals surface area contributed by atoms with Crippen LogP contribution in [0, 0.1) is 0 Å². The summed E-state index contributed by atoms with van der Waals surface area (Å²) in [6.07, 6.45) is 2.24. The summed E-state index contributed by atoms with van der Waals surface area (Å²) in [5.41, 5.74) is 1.77. The van der Waals surface area contributed by atoms with Gasteiger partial charge in [0.2, 0.25) is 0 Å². The van der Waals surface area contributed by atoms with Crippen LogP contribution in [0.4, 0.5) is 0 Å². The first-order valence-corrected chi connectivity index (χ1v) is 9.89. The Morgan fingerprint density at radius 3 is 2.70 bits per heavy atom. The van der Waals surface area contributed by atoms with Gasteiger partial charge in [-0.05, 0) is 37.1 Å². The molecule has 1 amide bonds. The fourth-order valence-corrected chi connectivity index (χ4v) is 3.99. The molecule has 1 N–H and O–H groups in total. The zero-order valence-electron chi connectivity index (χ0n) is 15.7. The third-order valence-corrected chi connectivity index (χ3v) is 5.37. The van der Waals surface area contributed by atoms with Gasteiger partial charge in [-0.2, -0.15) is 0 Å². The molecule has 2 aromatic rings. The molecule has 0 spiro atoms. The Hall–Kier alpha value is -2.05. The van der Waals surface area contributed by atoms with E-state index in [1.165, 1.54) is 5.56 Å². The van der Waals surface area contributed by atoms with Gasteiger partial charge in [0.15, 0.2) is 11.5 Å². The number of likely N-dealkylation sites (tertiary alicyclic amines) is 1. The van der Waals surface area contributed by atoms with Gasteiger partial charge in [0.25, 0.3) is 5.91 Å². The van der Waals surface area contributed by atoms with Crippen LogP contribution in [0.5, 0.6) is 11.5 Å². The number of hydrogen-bond acceptors (Lipinski definition) is 4. The Morgan fingerprint density at radius 1 is 1.22 bits per heavy atom. The van der Waals surface area contributed by atoms with Gasteiger partial charge in [-0.3, -0.25) is 9.69 Å². The molecule has 0 bridgehead atoms. The molecule has 1 aliphatic heterocycles. The second-order valence-electron chi connectivity index (χ2n) is 6.65. The summed E-state index contributed by atoms with van der Waals surface area (Å²) in [4.78, 5) is 15.2. The number of ether oxygens (including phenoxy) is 2. The van der Waals surface area contributed by atoms with Crippen molar-refractivity contribution < 1.29 is 14.3 Å². The number of amides is 1. The molecule has 27 heavy (non-hydrogen) atoms. The lowest BCUT2D eigenvalue weighted by molar-refractivity contribution is 0.0936. The fourth-order valence-electron chi connectivity index (χ4n) is 3.56. The summed E-state index contributed by atoms with van der Waals surface area (Å²) in [6, 6.07) is 14.3. The lowest BCUT2D eigenvalue weighted by Gasteiger charge is -2.25. The van der Waals surface area contributed by atoms with Crippen molar-refractivity contribution in [3.05, 3.63) is 58.1 Å². The first kappa shape index (κ1) is 19.7. The van der Waals surface area contributed by atoms with Crippen LogP contribution in [0.15, 0.2) is 46.9 Å². The van der Waals surface area contributed by atoms with Gasteiger partial charge >= 0.3 is 0 Å². The molecule has 1 heterocycles. The highest BCUT2D eigenvalue weighted by Crippen LogP contribution is 2.34. The summed E-state index contributed by atoms with van der Waals surface area (Å²) in [5, 5.41) is 3.07. The number of rotatable bonds is 7. The van der Waals surface area contributed by atoms with E-state index in [0.29, 0.717) is 29.6 Å². The third kappa shape index (κ3) is 4.82. The molecular formula is C21H25BrN2O3. The molecule has 0 aliphatic carbocycles. The Bertz CT molecular complexity index is 782. The van der Waals surface area contributed by atoms with Crippen LogP contribution in [0.25, 0.3) is 0 Å². The third-order valence-electron chi connectivity index (χ3n) is 4.91. The second-order valence-corrected chi connectivity index (χ2v) is 7.57. The highest BCUT2D eigenvalue weighted by Gasteiger charge is 2.26. The highest BCUT2D eigenvalue weighted by molar-refractivity contribution is 9.10. The average molecular weight is 433 g/mol. The van der Waals surface area contributed by atoms with E-state index in [-0.39, 0.29) is 5.91 Å². The maximum atomic E-state index is 12.8. The van der Waals surface area contributed by atoms with E-state index in [1.54, 1.807) is 26.4 Å². The number of methoxy groups -OCH3 is 2. The Morgan fingerprint density at radius 2 is 2.00 bits per heavy atom. The summed E-state index contributed by atoms with van der Waals surface area (Å²) in [7, 11) is 3.10. The normalized spacial score (nSPS) is 16.9. The number of nitrogens with one attached hydrogen (secondary N) is 1. The molecule has 144 valence electrons. The Kier molecular flexibility index (Phi) is 6.74. The molecule has 3 rings (SSSR count). The van der Waals surface area contributed by atoms with Crippen LogP contribution < -0.4 is 14.8 Å². The highest BCUT2D eigenvalue weighted by atomic mass is 79.9. The van der Waals surface area contributed by atoms with Crippen molar-refractivity contribution in [2.24, 2.45) is 0 Å². The van der Waals surface area contributed by atoms with E-state index in [2.05, 4.69) is 50.4 Å². The molecule has 1 saturated heterocycles. The van der Waals surface area contributed by atoms with E-state index in [1.807, 2.05) is 6.07 Å². The molecule has 1 atom stereocenters. The molecule has 6 heteroatoms. The van der Waals surface area contributed by atoms with Crippen LogP contribution in [0.2, 0.25) is 0 Å². The van der Waals surface area contributed by atoms with Crippen molar-refractivity contribution in [1.82, 2.24) is 10.2 Å². The van der Waals surface area contributed by atoms with Gasteiger partial charge in [-0.15, -0.1) is 0 Å². The van der Waals surface area contributed by atoms with Crippen LogP contribution in [-0.4, -0.2) is 44.2 Å². The van der Waals surface area contributed by atoms with Gasteiger partial charge in [0, 0.05) is 23.6 Å². The van der Waals surface area contributed by atoms with Gasteiger partial charge in [0.1, 0.15) is 0 Å². The van der Waals surface area contributed by atoms with Crippen LogP contribution >= 0.6 is 15.9 Å². The minimum atomic E-state index is -0.155. The smallest absolute Gasteiger partial charge is 0.255 e. The van der Waals surface area contributed by atoms with Crippen molar-refractivity contribution in [3.8, 4) is 11.5 Å². The predicted octanol–water partition coefficient (Wildman–Crippen LogP) is 3.86. The zero-order valence-corrected chi connectivity index (χ0v) is 17.3. The molecule has 0 unspecified atom stereocenters. The summed E-state index contributed by atoms with van der Waals surface area (Å²) in [6.45, 7) is 2.59. The van der Waals surface area contributed by atoms with E-state index >= 15 is 0 Å². The summed E-state index contributed by atoms with van der Waals surface area (Å²) in [5.74, 6) is 0.826.